The molecule has 1 aromatic heterocycles. The molecule has 2 fully saturated rings. The number of rotatable bonds is 5. The van der Waals surface area contributed by atoms with Crippen LogP contribution in [0, 0.1) is 5.92 Å². The van der Waals surface area contributed by atoms with Gasteiger partial charge < -0.3 is 10.2 Å². The van der Waals surface area contributed by atoms with Gasteiger partial charge in [0, 0.05) is 44.8 Å². The van der Waals surface area contributed by atoms with Crippen LogP contribution >= 0.6 is 0 Å². The summed E-state index contributed by atoms with van der Waals surface area (Å²) in [6.45, 7) is 2.34. The Morgan fingerprint density at radius 2 is 1.96 bits per heavy atom. The fourth-order valence-electron chi connectivity index (χ4n) is 4.69. The topological polar surface area (TPSA) is 50.2 Å². The molecule has 27 heavy (non-hydrogen) atoms. The predicted octanol–water partition coefficient (Wildman–Crippen LogP) is 3.08. The van der Waals surface area contributed by atoms with E-state index in [1.54, 1.807) is 0 Å². The van der Waals surface area contributed by atoms with Crippen molar-refractivity contribution in [2.75, 3.05) is 13.1 Å². The minimum atomic E-state index is -0.000149. The van der Waals surface area contributed by atoms with Gasteiger partial charge in [0.15, 0.2) is 0 Å². The third-order valence-corrected chi connectivity index (χ3v) is 6.18. The average Bonchev–Trinajstić information content (AvgIpc) is 3.36. The molecular weight excluding hydrogens is 336 g/mol. The fourth-order valence-corrected chi connectivity index (χ4v) is 4.69. The molecule has 0 unspecified atom stereocenters. The van der Waals surface area contributed by atoms with E-state index in [0.717, 1.165) is 32.5 Å². The van der Waals surface area contributed by atoms with E-state index in [0.29, 0.717) is 11.9 Å². The van der Waals surface area contributed by atoms with Gasteiger partial charge in [-0.2, -0.15) is 5.10 Å². The molecule has 2 aliphatic rings. The molecule has 1 aliphatic heterocycles. The summed E-state index contributed by atoms with van der Waals surface area (Å²) in [5.41, 5.74) is 2.39. The maximum Gasteiger partial charge on any atom is 0.228 e. The first-order valence-electron chi connectivity index (χ1n) is 10.3. The first-order valence-corrected chi connectivity index (χ1v) is 10.3. The average molecular weight is 367 g/mol. The number of aromatic nitrogens is 2. The number of benzene rings is 1. The van der Waals surface area contributed by atoms with Gasteiger partial charge >= 0.3 is 0 Å². The van der Waals surface area contributed by atoms with Crippen molar-refractivity contribution in [2.24, 2.45) is 13.0 Å². The molecule has 2 aromatic rings. The van der Waals surface area contributed by atoms with Crippen LogP contribution in [0.25, 0.3) is 0 Å². The Bertz CT molecular complexity index is 751. The van der Waals surface area contributed by atoms with Crippen molar-refractivity contribution in [2.45, 2.75) is 50.6 Å². The maximum absolute atomic E-state index is 13.7. The summed E-state index contributed by atoms with van der Waals surface area (Å²) in [6, 6.07) is 10.8. The standard InChI is InChI=1S/C22H30N4O/c1-25-16-18(12-24-25)20-13-23-14-21(20)22(27)26(19-10-6-3-7-11-19)15-17-8-4-2-5-9-17/h2,4-5,8-9,12,16,19-21,23H,3,6-7,10-11,13-15H2,1H3/t20-,21+/m1/s1. The Balaban J connectivity index is 1.57. The number of carbonyl (C=O) groups is 1. The first-order chi connectivity index (χ1) is 13.2. The summed E-state index contributed by atoms with van der Waals surface area (Å²) in [5.74, 6) is 0.525. The molecule has 0 radical (unpaired) electrons. The van der Waals surface area contributed by atoms with Gasteiger partial charge in [-0.3, -0.25) is 9.48 Å². The maximum atomic E-state index is 13.7. The highest BCUT2D eigenvalue weighted by molar-refractivity contribution is 5.81. The zero-order valence-electron chi connectivity index (χ0n) is 16.2. The van der Waals surface area contributed by atoms with Gasteiger partial charge in [-0.05, 0) is 24.0 Å². The second-order valence-electron chi connectivity index (χ2n) is 8.06. The van der Waals surface area contributed by atoms with Crippen LogP contribution < -0.4 is 5.32 Å². The van der Waals surface area contributed by atoms with E-state index >= 15 is 0 Å². The van der Waals surface area contributed by atoms with Crippen molar-refractivity contribution in [1.29, 1.82) is 0 Å². The minimum absolute atomic E-state index is 0.000149. The molecule has 5 nitrogen and oxygen atoms in total. The fraction of sp³-hybridized carbons (Fsp3) is 0.545. The molecule has 1 N–H and O–H groups in total. The molecule has 1 aromatic carbocycles. The van der Waals surface area contributed by atoms with E-state index < -0.39 is 0 Å². The summed E-state index contributed by atoms with van der Waals surface area (Å²) in [6.07, 6.45) is 10.0. The van der Waals surface area contributed by atoms with E-state index in [1.807, 2.05) is 24.0 Å². The monoisotopic (exact) mass is 366 g/mol. The lowest BCUT2D eigenvalue weighted by Crippen LogP contribution is -2.45. The van der Waals surface area contributed by atoms with Gasteiger partial charge in [-0.15, -0.1) is 0 Å². The molecular formula is C22H30N4O. The highest BCUT2D eigenvalue weighted by Crippen LogP contribution is 2.32. The van der Waals surface area contributed by atoms with Gasteiger partial charge in [-0.25, -0.2) is 0 Å². The molecule has 0 spiro atoms. The summed E-state index contributed by atoms with van der Waals surface area (Å²) >= 11 is 0. The van der Waals surface area contributed by atoms with E-state index in [4.69, 9.17) is 0 Å². The molecule has 2 heterocycles. The quantitative estimate of drug-likeness (QED) is 0.885. The molecule has 5 heteroatoms. The molecule has 144 valence electrons. The van der Waals surface area contributed by atoms with E-state index in [-0.39, 0.29) is 11.8 Å². The largest absolute Gasteiger partial charge is 0.335 e. The van der Waals surface area contributed by atoms with Crippen LogP contribution in [0.5, 0.6) is 0 Å². The lowest BCUT2D eigenvalue weighted by atomic mass is 9.87. The third kappa shape index (κ3) is 4.08. The normalized spacial score (nSPS) is 23.4. The molecule has 1 aliphatic carbocycles. The van der Waals surface area contributed by atoms with E-state index in [1.165, 1.54) is 30.4 Å². The Kier molecular flexibility index (Phi) is 5.58. The lowest BCUT2D eigenvalue weighted by Gasteiger charge is -2.37. The summed E-state index contributed by atoms with van der Waals surface area (Å²) in [5, 5.41) is 7.77. The summed E-state index contributed by atoms with van der Waals surface area (Å²) in [7, 11) is 1.94. The predicted molar refractivity (Wildman–Crippen MR) is 106 cm³/mol. The van der Waals surface area contributed by atoms with Crippen LogP contribution in [-0.4, -0.2) is 39.7 Å². The molecule has 4 rings (SSSR count). The smallest absolute Gasteiger partial charge is 0.228 e. The Labute approximate surface area is 161 Å². The van der Waals surface area contributed by atoms with E-state index in [2.05, 4.69) is 45.8 Å². The van der Waals surface area contributed by atoms with Crippen LogP contribution in [0.3, 0.4) is 0 Å². The highest BCUT2D eigenvalue weighted by Gasteiger charge is 2.39. The van der Waals surface area contributed by atoms with E-state index in [9.17, 15) is 4.79 Å². The Hall–Kier alpha value is -2.14. The van der Waals surface area contributed by atoms with Gasteiger partial charge in [0.2, 0.25) is 5.91 Å². The van der Waals surface area contributed by atoms with Gasteiger partial charge in [0.25, 0.3) is 0 Å². The summed E-state index contributed by atoms with van der Waals surface area (Å²) < 4.78 is 1.83. The van der Waals surface area contributed by atoms with Crippen molar-refractivity contribution in [3.8, 4) is 0 Å². The van der Waals surface area contributed by atoms with Crippen LogP contribution in [0.4, 0.5) is 0 Å². The lowest BCUT2D eigenvalue weighted by molar-refractivity contribution is -0.139. The molecule has 1 saturated heterocycles. The number of nitrogens with zero attached hydrogens (tertiary/aromatic N) is 3. The molecule has 0 bridgehead atoms. The highest BCUT2D eigenvalue weighted by atomic mass is 16.2. The van der Waals surface area contributed by atoms with Crippen molar-refractivity contribution in [1.82, 2.24) is 20.0 Å². The van der Waals surface area contributed by atoms with Crippen molar-refractivity contribution >= 4 is 5.91 Å². The zero-order valence-corrected chi connectivity index (χ0v) is 16.2. The Morgan fingerprint density at radius 1 is 1.19 bits per heavy atom. The molecule has 2 atom stereocenters. The second kappa shape index (κ2) is 8.26. The van der Waals surface area contributed by atoms with Crippen LogP contribution in [-0.2, 0) is 18.4 Å². The molecule has 1 amide bonds. The van der Waals surface area contributed by atoms with Crippen LogP contribution in [0.15, 0.2) is 42.7 Å². The molecule has 1 saturated carbocycles. The number of hydrogen-bond acceptors (Lipinski definition) is 3. The minimum Gasteiger partial charge on any atom is -0.335 e. The number of hydrogen-bond donors (Lipinski definition) is 1. The number of aryl methyl sites for hydroxylation is 1. The number of nitrogens with one attached hydrogen (secondary N) is 1. The number of carbonyl (C=O) groups excluding carboxylic acids is 1. The van der Waals surface area contributed by atoms with Gasteiger partial charge in [0.05, 0.1) is 12.1 Å². The summed E-state index contributed by atoms with van der Waals surface area (Å²) in [4.78, 5) is 15.9. The van der Waals surface area contributed by atoms with Crippen molar-refractivity contribution in [3.05, 3.63) is 53.9 Å². The van der Waals surface area contributed by atoms with Crippen LogP contribution in [0.2, 0.25) is 0 Å². The van der Waals surface area contributed by atoms with Gasteiger partial charge in [-0.1, -0.05) is 49.6 Å². The SMILES string of the molecule is Cn1cc([C@H]2CNC[C@@H]2C(=O)N(Cc2ccccc2)C2CCCCC2)cn1. The second-order valence-corrected chi connectivity index (χ2v) is 8.06. The zero-order chi connectivity index (χ0) is 18.6. The van der Waals surface area contributed by atoms with Crippen molar-refractivity contribution < 1.29 is 4.79 Å². The number of amides is 1. The van der Waals surface area contributed by atoms with Crippen molar-refractivity contribution in [3.63, 3.8) is 0 Å². The third-order valence-electron chi connectivity index (χ3n) is 6.18. The van der Waals surface area contributed by atoms with Gasteiger partial charge in [0.1, 0.15) is 0 Å². The van der Waals surface area contributed by atoms with Crippen LogP contribution in [0.1, 0.15) is 49.1 Å². The first kappa shape index (κ1) is 18.2. The Morgan fingerprint density at radius 3 is 2.67 bits per heavy atom.